The first-order chi connectivity index (χ1) is 15.0. The SMILES string of the molecule is CCCC(CC)OC(=O)CNCc1ccc(NC(=O)CCCCCCC(=O)NO)cc1. The zero-order chi connectivity index (χ0) is 22.9. The Morgan fingerprint density at radius 2 is 1.61 bits per heavy atom. The fourth-order valence-electron chi connectivity index (χ4n) is 3.11. The maximum absolute atomic E-state index is 12.0. The van der Waals surface area contributed by atoms with Crippen molar-refractivity contribution in [2.75, 3.05) is 11.9 Å². The number of anilines is 1. The molecular weight excluding hydrogens is 398 g/mol. The fourth-order valence-corrected chi connectivity index (χ4v) is 3.11. The normalized spacial score (nSPS) is 11.6. The largest absolute Gasteiger partial charge is 0.461 e. The van der Waals surface area contributed by atoms with E-state index in [0.29, 0.717) is 25.8 Å². The number of hydroxylamine groups is 1. The molecule has 0 radical (unpaired) electrons. The van der Waals surface area contributed by atoms with E-state index in [1.807, 2.05) is 31.2 Å². The molecule has 1 atom stereocenters. The maximum atomic E-state index is 12.0. The third-order valence-corrected chi connectivity index (χ3v) is 4.88. The molecule has 8 nitrogen and oxygen atoms in total. The Morgan fingerprint density at radius 3 is 2.19 bits per heavy atom. The van der Waals surface area contributed by atoms with E-state index in [0.717, 1.165) is 49.8 Å². The molecule has 0 spiro atoms. The van der Waals surface area contributed by atoms with Gasteiger partial charge in [0, 0.05) is 25.1 Å². The molecule has 31 heavy (non-hydrogen) atoms. The Labute approximate surface area is 185 Å². The molecule has 0 aromatic heterocycles. The zero-order valence-corrected chi connectivity index (χ0v) is 18.7. The standard InChI is InChI=1S/C23H37N3O5/c1-3-9-20(4-2)31-23(29)17-24-16-18-12-14-19(15-13-18)25-21(27)10-7-5-6-8-11-22(28)26-30/h12-15,20,24,30H,3-11,16-17H2,1-2H3,(H,25,27)(H,26,28). The van der Waals surface area contributed by atoms with Gasteiger partial charge in [0.2, 0.25) is 11.8 Å². The highest BCUT2D eigenvalue weighted by atomic mass is 16.5. The molecule has 0 aliphatic heterocycles. The molecule has 0 saturated heterocycles. The summed E-state index contributed by atoms with van der Waals surface area (Å²) in [6.07, 6.45) is 6.57. The van der Waals surface area contributed by atoms with Crippen LogP contribution in [0.4, 0.5) is 5.69 Å². The second-order valence-electron chi connectivity index (χ2n) is 7.61. The van der Waals surface area contributed by atoms with Crippen LogP contribution in [0.2, 0.25) is 0 Å². The summed E-state index contributed by atoms with van der Waals surface area (Å²) in [6.45, 7) is 4.81. The van der Waals surface area contributed by atoms with Gasteiger partial charge in [0.25, 0.3) is 0 Å². The minimum absolute atomic E-state index is 0.00467. The molecule has 0 fully saturated rings. The molecule has 1 aromatic rings. The maximum Gasteiger partial charge on any atom is 0.320 e. The van der Waals surface area contributed by atoms with Crippen LogP contribution in [-0.4, -0.2) is 35.6 Å². The summed E-state index contributed by atoms with van der Waals surface area (Å²) in [5.74, 6) is -0.659. The van der Waals surface area contributed by atoms with E-state index in [-0.39, 0.29) is 30.4 Å². The lowest BCUT2D eigenvalue weighted by Crippen LogP contribution is -2.28. The number of esters is 1. The molecule has 2 amide bonds. The lowest BCUT2D eigenvalue weighted by atomic mass is 10.1. The van der Waals surface area contributed by atoms with Gasteiger partial charge in [-0.2, -0.15) is 0 Å². The quantitative estimate of drug-likeness (QED) is 0.136. The van der Waals surface area contributed by atoms with Gasteiger partial charge in [-0.3, -0.25) is 19.6 Å². The molecule has 1 aromatic carbocycles. The van der Waals surface area contributed by atoms with E-state index in [1.165, 1.54) is 0 Å². The van der Waals surface area contributed by atoms with Crippen LogP contribution in [0.5, 0.6) is 0 Å². The van der Waals surface area contributed by atoms with Crippen molar-refractivity contribution in [3.8, 4) is 0 Å². The molecule has 0 aliphatic rings. The zero-order valence-electron chi connectivity index (χ0n) is 18.7. The number of carbonyl (C=O) groups excluding carboxylic acids is 3. The number of rotatable bonds is 16. The van der Waals surface area contributed by atoms with E-state index >= 15 is 0 Å². The van der Waals surface area contributed by atoms with Gasteiger partial charge in [-0.25, -0.2) is 5.48 Å². The molecule has 4 N–H and O–H groups in total. The molecule has 0 aliphatic carbocycles. The summed E-state index contributed by atoms with van der Waals surface area (Å²) < 4.78 is 5.43. The molecule has 8 heteroatoms. The number of unbranched alkanes of at least 4 members (excludes halogenated alkanes) is 3. The van der Waals surface area contributed by atoms with Crippen molar-refractivity contribution in [3.05, 3.63) is 29.8 Å². The van der Waals surface area contributed by atoms with Gasteiger partial charge in [0.15, 0.2) is 0 Å². The first-order valence-corrected chi connectivity index (χ1v) is 11.2. The van der Waals surface area contributed by atoms with Crippen LogP contribution < -0.4 is 16.1 Å². The van der Waals surface area contributed by atoms with Gasteiger partial charge in [-0.1, -0.05) is 45.2 Å². The summed E-state index contributed by atoms with van der Waals surface area (Å²) in [4.78, 5) is 34.8. The third kappa shape index (κ3) is 12.8. The van der Waals surface area contributed by atoms with Crippen molar-refractivity contribution in [2.24, 2.45) is 0 Å². The van der Waals surface area contributed by atoms with Crippen LogP contribution in [0.3, 0.4) is 0 Å². The molecular formula is C23H37N3O5. The number of amides is 2. The van der Waals surface area contributed by atoms with Crippen molar-refractivity contribution in [1.29, 1.82) is 0 Å². The minimum Gasteiger partial charge on any atom is -0.461 e. The molecule has 0 saturated carbocycles. The second kappa shape index (κ2) is 16.3. The predicted octanol–water partition coefficient (Wildman–Crippen LogP) is 3.68. The lowest BCUT2D eigenvalue weighted by Gasteiger charge is -2.15. The number of carbonyl (C=O) groups is 3. The van der Waals surface area contributed by atoms with Crippen LogP contribution in [0, 0.1) is 0 Å². The van der Waals surface area contributed by atoms with E-state index in [4.69, 9.17) is 9.94 Å². The summed E-state index contributed by atoms with van der Waals surface area (Å²) in [6, 6.07) is 7.50. The van der Waals surface area contributed by atoms with Crippen molar-refractivity contribution in [1.82, 2.24) is 10.8 Å². The Balaban J connectivity index is 2.21. The monoisotopic (exact) mass is 435 g/mol. The van der Waals surface area contributed by atoms with Crippen LogP contribution in [0.15, 0.2) is 24.3 Å². The van der Waals surface area contributed by atoms with E-state index in [9.17, 15) is 14.4 Å². The Morgan fingerprint density at radius 1 is 0.968 bits per heavy atom. The predicted molar refractivity (Wildman–Crippen MR) is 119 cm³/mol. The van der Waals surface area contributed by atoms with Gasteiger partial charge in [0.05, 0.1) is 6.54 Å². The highest BCUT2D eigenvalue weighted by Gasteiger charge is 2.11. The van der Waals surface area contributed by atoms with Crippen molar-refractivity contribution < 1.29 is 24.3 Å². The smallest absolute Gasteiger partial charge is 0.320 e. The topological polar surface area (TPSA) is 117 Å². The number of benzene rings is 1. The molecule has 0 heterocycles. The van der Waals surface area contributed by atoms with Gasteiger partial charge in [-0.15, -0.1) is 0 Å². The molecule has 1 unspecified atom stereocenters. The second-order valence-corrected chi connectivity index (χ2v) is 7.61. The number of nitrogens with one attached hydrogen (secondary N) is 3. The van der Waals surface area contributed by atoms with Crippen LogP contribution in [-0.2, 0) is 25.7 Å². The molecule has 0 bridgehead atoms. The Hall–Kier alpha value is -2.45. The fraction of sp³-hybridized carbons (Fsp3) is 0.609. The Bertz CT molecular complexity index is 664. The highest BCUT2D eigenvalue weighted by molar-refractivity contribution is 5.90. The number of ether oxygens (including phenoxy) is 1. The minimum atomic E-state index is -0.381. The molecule has 1 rings (SSSR count). The first-order valence-electron chi connectivity index (χ1n) is 11.2. The van der Waals surface area contributed by atoms with Crippen molar-refractivity contribution in [3.63, 3.8) is 0 Å². The molecule has 174 valence electrons. The Kier molecular flexibility index (Phi) is 14.0. The van der Waals surface area contributed by atoms with Gasteiger partial charge < -0.3 is 15.4 Å². The summed E-state index contributed by atoms with van der Waals surface area (Å²) in [7, 11) is 0. The lowest BCUT2D eigenvalue weighted by molar-refractivity contribution is -0.148. The van der Waals surface area contributed by atoms with E-state index < -0.39 is 0 Å². The summed E-state index contributed by atoms with van der Waals surface area (Å²) in [5, 5.41) is 14.4. The number of hydrogen-bond acceptors (Lipinski definition) is 6. The van der Waals surface area contributed by atoms with Gasteiger partial charge in [-0.05, 0) is 43.4 Å². The van der Waals surface area contributed by atoms with Gasteiger partial charge >= 0.3 is 5.97 Å². The number of hydrogen-bond donors (Lipinski definition) is 4. The van der Waals surface area contributed by atoms with Crippen LogP contribution in [0.25, 0.3) is 0 Å². The van der Waals surface area contributed by atoms with Crippen molar-refractivity contribution >= 4 is 23.5 Å². The summed E-state index contributed by atoms with van der Waals surface area (Å²) >= 11 is 0. The van der Waals surface area contributed by atoms with E-state index in [1.54, 1.807) is 5.48 Å². The average Bonchev–Trinajstić information content (AvgIpc) is 2.76. The first kappa shape index (κ1) is 26.6. The summed E-state index contributed by atoms with van der Waals surface area (Å²) in [5.41, 5.74) is 3.35. The van der Waals surface area contributed by atoms with Crippen molar-refractivity contribution in [2.45, 2.75) is 84.3 Å². The highest BCUT2D eigenvalue weighted by Crippen LogP contribution is 2.12. The van der Waals surface area contributed by atoms with Crippen LogP contribution >= 0.6 is 0 Å². The van der Waals surface area contributed by atoms with Crippen LogP contribution in [0.1, 0.15) is 77.2 Å². The third-order valence-electron chi connectivity index (χ3n) is 4.88. The van der Waals surface area contributed by atoms with E-state index in [2.05, 4.69) is 17.6 Å². The average molecular weight is 436 g/mol. The van der Waals surface area contributed by atoms with Gasteiger partial charge in [0.1, 0.15) is 6.10 Å².